The predicted octanol–water partition coefficient (Wildman–Crippen LogP) is 3.85. The molecule has 4 atom stereocenters. The van der Waals surface area contributed by atoms with Gasteiger partial charge in [-0.3, -0.25) is 24.6 Å². The van der Waals surface area contributed by atoms with Gasteiger partial charge in [0.2, 0.25) is 17.6 Å². The van der Waals surface area contributed by atoms with Crippen LogP contribution >= 0.6 is 0 Å². The summed E-state index contributed by atoms with van der Waals surface area (Å²) in [6.07, 6.45) is 3.06. The van der Waals surface area contributed by atoms with Crippen LogP contribution in [0.4, 0.5) is 11.4 Å². The highest BCUT2D eigenvalue weighted by molar-refractivity contribution is 6.22. The van der Waals surface area contributed by atoms with Crippen LogP contribution in [-0.2, 0) is 9.59 Å². The Balaban J connectivity index is 1.29. The Morgan fingerprint density at radius 3 is 2.31 bits per heavy atom. The molecule has 2 heterocycles. The van der Waals surface area contributed by atoms with Gasteiger partial charge in [-0.2, -0.15) is 4.98 Å². The Labute approximate surface area is 182 Å². The predicted molar refractivity (Wildman–Crippen MR) is 112 cm³/mol. The van der Waals surface area contributed by atoms with Crippen LogP contribution in [0.25, 0.3) is 22.8 Å². The zero-order chi connectivity index (χ0) is 22.0. The van der Waals surface area contributed by atoms with Crippen LogP contribution in [0.3, 0.4) is 0 Å². The van der Waals surface area contributed by atoms with E-state index in [1.807, 2.05) is 0 Å². The number of amides is 2. The number of nitrogens with zero attached hydrogens (tertiary/aromatic N) is 4. The van der Waals surface area contributed by atoms with E-state index in [0.29, 0.717) is 34.5 Å². The van der Waals surface area contributed by atoms with E-state index in [1.165, 1.54) is 17.0 Å². The molecule has 4 unspecified atom stereocenters. The molecule has 2 aromatic carbocycles. The van der Waals surface area contributed by atoms with E-state index in [2.05, 4.69) is 10.1 Å². The van der Waals surface area contributed by atoms with Crippen molar-refractivity contribution in [3.05, 3.63) is 58.6 Å². The normalized spacial score (nSPS) is 26.1. The number of carbonyl (C=O) groups excluding carboxylic acids is 2. The van der Waals surface area contributed by atoms with Crippen LogP contribution in [0.5, 0.6) is 0 Å². The first-order valence-corrected chi connectivity index (χ1v) is 10.6. The molecule has 2 saturated carbocycles. The highest BCUT2D eigenvalue weighted by atomic mass is 16.6. The van der Waals surface area contributed by atoms with Gasteiger partial charge in [0.15, 0.2) is 0 Å². The lowest BCUT2D eigenvalue weighted by atomic mass is 9.81. The van der Waals surface area contributed by atoms with Gasteiger partial charge in [0.25, 0.3) is 11.6 Å². The molecule has 1 aromatic heterocycles. The summed E-state index contributed by atoms with van der Waals surface area (Å²) in [5, 5.41) is 14.8. The SMILES string of the molecule is O=C1C2C3CCC(C3)C2C(=O)N1c1cccc(-c2nc(-c3ccc([N+](=O)[O-])cc3)no2)c1. The van der Waals surface area contributed by atoms with Gasteiger partial charge in [0.05, 0.1) is 22.4 Å². The molecule has 32 heavy (non-hydrogen) atoms. The van der Waals surface area contributed by atoms with E-state index in [4.69, 9.17) is 4.52 Å². The molecule has 9 heteroatoms. The minimum absolute atomic E-state index is 0.0247. The van der Waals surface area contributed by atoms with E-state index >= 15 is 0 Å². The van der Waals surface area contributed by atoms with Gasteiger partial charge >= 0.3 is 0 Å². The van der Waals surface area contributed by atoms with Gasteiger partial charge in [-0.1, -0.05) is 11.2 Å². The third-order valence-electron chi connectivity index (χ3n) is 7.04. The second kappa shape index (κ2) is 6.81. The average Bonchev–Trinajstić information content (AvgIpc) is 3.58. The van der Waals surface area contributed by atoms with E-state index in [1.54, 1.807) is 36.4 Å². The van der Waals surface area contributed by atoms with E-state index in [-0.39, 0.29) is 35.2 Å². The van der Waals surface area contributed by atoms with E-state index < -0.39 is 4.92 Å². The molecule has 1 aliphatic heterocycles. The smallest absolute Gasteiger partial charge is 0.269 e. The fraction of sp³-hybridized carbons (Fsp3) is 0.304. The standard InChI is InChI=1S/C23H18N4O5/c28-22-18-13-4-5-14(10-13)19(18)23(29)26(22)17-3-1-2-15(11-17)21-24-20(25-32-21)12-6-8-16(9-7-12)27(30)31/h1-3,6-9,11,13-14,18-19H,4-5,10H2. The van der Waals surface area contributed by atoms with Gasteiger partial charge in [0.1, 0.15) is 0 Å². The number of carbonyl (C=O) groups is 2. The Morgan fingerprint density at radius 2 is 1.66 bits per heavy atom. The fourth-order valence-corrected chi connectivity index (χ4v) is 5.63. The Hall–Kier alpha value is -3.88. The first-order chi connectivity index (χ1) is 15.5. The number of imide groups is 1. The van der Waals surface area contributed by atoms with Crippen molar-refractivity contribution in [2.24, 2.45) is 23.7 Å². The Bertz CT molecular complexity index is 1240. The molecule has 0 N–H and O–H groups in total. The second-order valence-corrected chi connectivity index (χ2v) is 8.67. The van der Waals surface area contributed by atoms with Crippen molar-refractivity contribution in [1.82, 2.24) is 10.1 Å². The second-order valence-electron chi connectivity index (χ2n) is 8.67. The van der Waals surface area contributed by atoms with Crippen molar-refractivity contribution in [2.45, 2.75) is 19.3 Å². The molecule has 3 aromatic rings. The molecule has 0 radical (unpaired) electrons. The van der Waals surface area contributed by atoms with Crippen LogP contribution in [0.2, 0.25) is 0 Å². The number of hydrogen-bond donors (Lipinski definition) is 0. The minimum atomic E-state index is -0.475. The molecule has 3 aliphatic rings. The Morgan fingerprint density at radius 1 is 0.969 bits per heavy atom. The van der Waals surface area contributed by atoms with Crippen molar-refractivity contribution in [1.29, 1.82) is 0 Å². The van der Waals surface area contributed by atoms with Gasteiger partial charge in [-0.05, 0) is 61.4 Å². The summed E-state index contributed by atoms with van der Waals surface area (Å²) in [7, 11) is 0. The number of non-ortho nitro benzene ring substituents is 1. The van der Waals surface area contributed by atoms with Crippen molar-refractivity contribution >= 4 is 23.2 Å². The monoisotopic (exact) mass is 430 g/mol. The number of anilines is 1. The summed E-state index contributed by atoms with van der Waals surface area (Å²) in [5.74, 6) is 0.635. The number of rotatable bonds is 4. The highest BCUT2D eigenvalue weighted by Gasteiger charge is 2.61. The highest BCUT2D eigenvalue weighted by Crippen LogP contribution is 2.56. The maximum absolute atomic E-state index is 13.1. The molecular formula is C23H18N4O5. The summed E-state index contributed by atoms with van der Waals surface area (Å²) >= 11 is 0. The number of aromatic nitrogens is 2. The van der Waals surface area contributed by atoms with Crippen LogP contribution < -0.4 is 4.90 Å². The number of nitro groups is 1. The Kier molecular flexibility index (Phi) is 4.01. The molecule has 6 rings (SSSR count). The molecule has 3 fully saturated rings. The quantitative estimate of drug-likeness (QED) is 0.350. The largest absolute Gasteiger partial charge is 0.334 e. The van der Waals surface area contributed by atoms with Crippen LogP contribution in [0.1, 0.15) is 19.3 Å². The van der Waals surface area contributed by atoms with Crippen molar-refractivity contribution in [3.8, 4) is 22.8 Å². The van der Waals surface area contributed by atoms with Gasteiger partial charge in [0, 0.05) is 23.3 Å². The number of benzene rings is 2. The molecule has 2 aliphatic carbocycles. The topological polar surface area (TPSA) is 119 Å². The molecule has 2 bridgehead atoms. The summed E-state index contributed by atoms with van der Waals surface area (Å²) in [4.78, 5) is 42.3. The summed E-state index contributed by atoms with van der Waals surface area (Å²) in [6, 6.07) is 12.8. The summed E-state index contributed by atoms with van der Waals surface area (Å²) in [5.41, 5.74) is 1.66. The first kappa shape index (κ1) is 18.9. The maximum atomic E-state index is 13.1. The average molecular weight is 430 g/mol. The molecule has 160 valence electrons. The molecule has 9 nitrogen and oxygen atoms in total. The number of nitro benzene ring substituents is 1. The zero-order valence-corrected chi connectivity index (χ0v) is 16.9. The third kappa shape index (κ3) is 2.70. The van der Waals surface area contributed by atoms with Crippen molar-refractivity contribution in [3.63, 3.8) is 0 Å². The summed E-state index contributed by atoms with van der Waals surface area (Å²) < 4.78 is 5.39. The molecular weight excluding hydrogens is 412 g/mol. The van der Waals surface area contributed by atoms with Crippen molar-refractivity contribution in [2.75, 3.05) is 4.90 Å². The third-order valence-corrected chi connectivity index (χ3v) is 7.04. The van der Waals surface area contributed by atoms with Crippen LogP contribution in [-0.4, -0.2) is 26.9 Å². The van der Waals surface area contributed by atoms with E-state index in [0.717, 1.165) is 19.3 Å². The van der Waals surface area contributed by atoms with Gasteiger partial charge in [-0.25, -0.2) is 0 Å². The lowest BCUT2D eigenvalue weighted by Crippen LogP contribution is -2.32. The van der Waals surface area contributed by atoms with Gasteiger partial charge < -0.3 is 4.52 Å². The number of fused-ring (bicyclic) bond motifs is 5. The fourth-order valence-electron chi connectivity index (χ4n) is 5.63. The van der Waals surface area contributed by atoms with Crippen LogP contribution in [0.15, 0.2) is 53.1 Å². The van der Waals surface area contributed by atoms with Crippen molar-refractivity contribution < 1.29 is 19.0 Å². The lowest BCUT2D eigenvalue weighted by molar-refractivity contribution is -0.384. The molecule has 0 spiro atoms. The van der Waals surface area contributed by atoms with Crippen LogP contribution in [0, 0.1) is 33.8 Å². The number of hydrogen-bond acceptors (Lipinski definition) is 7. The first-order valence-electron chi connectivity index (χ1n) is 10.6. The van der Waals surface area contributed by atoms with E-state index in [9.17, 15) is 19.7 Å². The molecule has 1 saturated heterocycles. The minimum Gasteiger partial charge on any atom is -0.334 e. The zero-order valence-electron chi connectivity index (χ0n) is 16.9. The van der Waals surface area contributed by atoms with Gasteiger partial charge in [-0.15, -0.1) is 0 Å². The lowest BCUT2D eigenvalue weighted by Gasteiger charge is -2.19. The summed E-state index contributed by atoms with van der Waals surface area (Å²) in [6.45, 7) is 0. The maximum Gasteiger partial charge on any atom is 0.269 e. The molecule has 2 amide bonds.